The summed E-state index contributed by atoms with van der Waals surface area (Å²) < 4.78 is 6.02. The average Bonchev–Trinajstić information content (AvgIpc) is 2.97. The molecule has 0 bridgehead atoms. The van der Waals surface area contributed by atoms with Crippen LogP contribution in [-0.4, -0.2) is 12.4 Å². The molecule has 0 radical (unpaired) electrons. The van der Waals surface area contributed by atoms with Crippen molar-refractivity contribution in [1.82, 2.24) is 0 Å². The Hall–Kier alpha value is -1.51. The minimum atomic E-state index is -0.322. The van der Waals surface area contributed by atoms with Gasteiger partial charge in [0.15, 0.2) is 4.93 Å². The Morgan fingerprint density at radius 3 is 2.26 bits per heavy atom. The first-order valence-corrected chi connectivity index (χ1v) is 7.45. The van der Waals surface area contributed by atoms with Crippen LogP contribution in [0.3, 0.4) is 0 Å². The van der Waals surface area contributed by atoms with Crippen molar-refractivity contribution in [2.75, 3.05) is 12.4 Å². The van der Waals surface area contributed by atoms with Gasteiger partial charge in [-0.1, -0.05) is 66.7 Å². The highest BCUT2D eigenvalue weighted by molar-refractivity contribution is 8.00. The van der Waals surface area contributed by atoms with Crippen molar-refractivity contribution < 1.29 is 4.74 Å². The first-order valence-electron chi connectivity index (χ1n) is 6.47. The molecule has 1 fully saturated rings. The number of hydrogen-bond donors (Lipinski definition) is 0. The second kappa shape index (κ2) is 5.64. The molecule has 2 aromatic carbocycles. The molecule has 0 amide bonds. The van der Waals surface area contributed by atoms with Gasteiger partial charge in [0.2, 0.25) is 0 Å². The zero-order valence-electron chi connectivity index (χ0n) is 10.7. The van der Waals surface area contributed by atoms with Crippen LogP contribution in [0.2, 0.25) is 0 Å². The lowest BCUT2D eigenvalue weighted by Gasteiger charge is -2.24. The van der Waals surface area contributed by atoms with Gasteiger partial charge in [0.05, 0.1) is 6.61 Å². The van der Waals surface area contributed by atoms with Crippen molar-refractivity contribution in [2.45, 2.75) is 4.93 Å². The third-order valence-corrected chi connectivity index (χ3v) is 4.48. The summed E-state index contributed by atoms with van der Waals surface area (Å²) in [5.74, 6) is 1.04. The molecule has 2 aromatic rings. The van der Waals surface area contributed by atoms with Gasteiger partial charge in [-0.15, -0.1) is 11.8 Å². The maximum atomic E-state index is 6.02. The van der Waals surface area contributed by atoms with Crippen LogP contribution in [0.1, 0.15) is 11.1 Å². The van der Waals surface area contributed by atoms with E-state index in [1.165, 1.54) is 11.1 Å². The van der Waals surface area contributed by atoms with Crippen LogP contribution in [0, 0.1) is 0 Å². The third-order valence-electron chi connectivity index (χ3n) is 3.19. The molecule has 0 N–H and O–H groups in total. The number of rotatable bonds is 3. The molecular weight excluding hydrogens is 252 g/mol. The highest BCUT2D eigenvalue weighted by Crippen LogP contribution is 2.43. The molecule has 1 unspecified atom stereocenters. The van der Waals surface area contributed by atoms with E-state index in [9.17, 15) is 0 Å². The van der Waals surface area contributed by atoms with Gasteiger partial charge < -0.3 is 4.74 Å². The van der Waals surface area contributed by atoms with E-state index < -0.39 is 0 Å². The lowest BCUT2D eigenvalue weighted by Crippen LogP contribution is -2.17. The average molecular weight is 268 g/mol. The monoisotopic (exact) mass is 268 g/mol. The van der Waals surface area contributed by atoms with Crippen molar-refractivity contribution >= 4 is 17.8 Å². The van der Waals surface area contributed by atoms with Gasteiger partial charge in [0.1, 0.15) is 0 Å². The van der Waals surface area contributed by atoms with E-state index in [0.717, 1.165) is 12.4 Å². The molecule has 1 saturated heterocycles. The minimum Gasteiger partial charge on any atom is -0.356 e. The first kappa shape index (κ1) is 12.5. The molecule has 1 nitrogen and oxygen atoms in total. The molecule has 96 valence electrons. The summed E-state index contributed by atoms with van der Waals surface area (Å²) in [6.07, 6.45) is 4.32. The van der Waals surface area contributed by atoms with Crippen LogP contribution in [0.5, 0.6) is 0 Å². The molecule has 0 aliphatic carbocycles. The molecule has 1 atom stereocenters. The Kier molecular flexibility index (Phi) is 3.72. The Balaban J connectivity index is 1.92. The molecule has 0 spiro atoms. The number of hydrogen-bond acceptors (Lipinski definition) is 2. The quantitative estimate of drug-likeness (QED) is 0.820. The predicted molar refractivity (Wildman–Crippen MR) is 82.0 cm³/mol. The minimum absolute atomic E-state index is 0.322. The lowest BCUT2D eigenvalue weighted by atomic mass is 10.1. The fourth-order valence-corrected chi connectivity index (χ4v) is 3.33. The van der Waals surface area contributed by atoms with Crippen molar-refractivity contribution in [3.8, 4) is 0 Å². The van der Waals surface area contributed by atoms with E-state index in [1.54, 1.807) is 0 Å². The molecule has 1 heterocycles. The maximum Gasteiger partial charge on any atom is 0.158 e. The zero-order chi connectivity index (χ0) is 13.0. The summed E-state index contributed by atoms with van der Waals surface area (Å²) in [4.78, 5) is -0.322. The van der Waals surface area contributed by atoms with Gasteiger partial charge in [0.25, 0.3) is 0 Å². The summed E-state index contributed by atoms with van der Waals surface area (Å²) in [7, 11) is 0. The Bertz CT molecular complexity index is 542. The lowest BCUT2D eigenvalue weighted by molar-refractivity contribution is 0.0873. The predicted octanol–water partition coefficient (Wildman–Crippen LogP) is 4.32. The molecular formula is C17H16OS. The maximum absolute atomic E-state index is 6.02. The number of thioether (sulfide) groups is 1. The highest BCUT2D eigenvalue weighted by Gasteiger charge is 2.35. The summed E-state index contributed by atoms with van der Waals surface area (Å²) in [5, 5.41) is 0. The first-order chi connectivity index (χ1) is 9.39. The number of benzene rings is 2. The van der Waals surface area contributed by atoms with Crippen molar-refractivity contribution in [2.24, 2.45) is 0 Å². The molecule has 0 saturated carbocycles. The molecule has 1 aliphatic rings. The molecule has 0 aromatic heterocycles. The smallest absolute Gasteiger partial charge is 0.158 e. The standard InChI is InChI=1S/C17H16OS/c1-3-7-15(8-4-1)11-12-17(18-13-14-19-17)16-9-5-2-6-10-16/h1-12H,13-14H2/b12-11+. The van der Waals surface area contributed by atoms with E-state index in [4.69, 9.17) is 4.74 Å². The van der Waals surface area contributed by atoms with Crippen molar-refractivity contribution in [3.63, 3.8) is 0 Å². The van der Waals surface area contributed by atoms with Crippen LogP contribution >= 0.6 is 11.8 Å². The van der Waals surface area contributed by atoms with Crippen molar-refractivity contribution in [3.05, 3.63) is 77.9 Å². The van der Waals surface area contributed by atoms with E-state index in [2.05, 4.69) is 60.7 Å². The second-order valence-corrected chi connectivity index (χ2v) is 5.78. The molecule has 3 rings (SSSR count). The summed E-state index contributed by atoms with van der Waals surface area (Å²) in [6.45, 7) is 0.804. The van der Waals surface area contributed by atoms with Crippen LogP contribution in [0.4, 0.5) is 0 Å². The van der Waals surface area contributed by atoms with Crippen LogP contribution in [0.25, 0.3) is 6.08 Å². The highest BCUT2D eigenvalue weighted by atomic mass is 32.2. The van der Waals surface area contributed by atoms with Gasteiger partial charge in [-0.2, -0.15) is 0 Å². The van der Waals surface area contributed by atoms with Gasteiger partial charge >= 0.3 is 0 Å². The summed E-state index contributed by atoms with van der Waals surface area (Å²) >= 11 is 1.85. The van der Waals surface area contributed by atoms with E-state index in [-0.39, 0.29) is 4.93 Å². The summed E-state index contributed by atoms with van der Waals surface area (Å²) in [5.41, 5.74) is 2.42. The Morgan fingerprint density at radius 1 is 0.947 bits per heavy atom. The normalized spacial score (nSPS) is 22.9. The largest absolute Gasteiger partial charge is 0.356 e. The molecule has 2 heteroatoms. The van der Waals surface area contributed by atoms with E-state index in [0.29, 0.717) is 0 Å². The van der Waals surface area contributed by atoms with E-state index >= 15 is 0 Å². The van der Waals surface area contributed by atoms with Gasteiger partial charge in [-0.25, -0.2) is 0 Å². The van der Waals surface area contributed by atoms with Crippen LogP contribution < -0.4 is 0 Å². The second-order valence-electron chi connectivity index (χ2n) is 4.47. The fraction of sp³-hybridized carbons (Fsp3) is 0.176. The van der Waals surface area contributed by atoms with Crippen molar-refractivity contribution in [1.29, 1.82) is 0 Å². The number of ether oxygens (including phenoxy) is 1. The topological polar surface area (TPSA) is 9.23 Å². The molecule has 1 aliphatic heterocycles. The van der Waals surface area contributed by atoms with Gasteiger partial charge in [0, 0.05) is 5.75 Å². The molecule has 19 heavy (non-hydrogen) atoms. The summed E-state index contributed by atoms with van der Waals surface area (Å²) in [6, 6.07) is 20.8. The Morgan fingerprint density at radius 2 is 1.63 bits per heavy atom. The van der Waals surface area contributed by atoms with Crippen LogP contribution in [0.15, 0.2) is 66.7 Å². The fourth-order valence-electron chi connectivity index (χ4n) is 2.23. The van der Waals surface area contributed by atoms with Crippen LogP contribution in [-0.2, 0) is 9.67 Å². The van der Waals surface area contributed by atoms with Gasteiger partial charge in [-0.3, -0.25) is 0 Å². The van der Waals surface area contributed by atoms with E-state index in [1.807, 2.05) is 23.9 Å². The SMILES string of the molecule is C(=C\C1(c2ccccc2)OCCS1)/c1ccccc1. The third kappa shape index (κ3) is 2.75. The van der Waals surface area contributed by atoms with Gasteiger partial charge in [-0.05, 0) is 17.2 Å². The Labute approximate surface area is 118 Å². The zero-order valence-corrected chi connectivity index (χ0v) is 11.5.